The van der Waals surface area contributed by atoms with E-state index in [4.69, 9.17) is 5.11 Å². The third kappa shape index (κ3) is 2.59. The van der Waals surface area contributed by atoms with Crippen molar-refractivity contribution in [3.8, 4) is 0 Å². The van der Waals surface area contributed by atoms with E-state index >= 15 is 0 Å². The number of aliphatic imine (C=N–C) groups is 1. The van der Waals surface area contributed by atoms with Gasteiger partial charge in [-0.25, -0.2) is 0 Å². The van der Waals surface area contributed by atoms with Crippen LogP contribution in [-0.4, -0.2) is 48.8 Å². The monoisotopic (exact) mass is 212 g/mol. The van der Waals surface area contributed by atoms with Crippen LogP contribution in [-0.2, 0) is 4.79 Å². The quantitative estimate of drug-likeness (QED) is 0.459. The van der Waals surface area contributed by atoms with Crippen molar-refractivity contribution in [3.05, 3.63) is 0 Å². The van der Waals surface area contributed by atoms with Crippen molar-refractivity contribution in [2.24, 2.45) is 4.99 Å². The van der Waals surface area contributed by atoms with E-state index in [0.717, 1.165) is 32.0 Å². The van der Waals surface area contributed by atoms with Crippen LogP contribution in [0.25, 0.3) is 0 Å². The van der Waals surface area contributed by atoms with Gasteiger partial charge in [-0.2, -0.15) is 0 Å². The lowest BCUT2D eigenvalue weighted by atomic mass is 10.00. The van der Waals surface area contributed by atoms with Gasteiger partial charge in [0, 0.05) is 12.6 Å². The zero-order valence-electron chi connectivity index (χ0n) is 8.49. The predicted molar refractivity (Wildman–Crippen MR) is 55.9 cm³/mol. The molecule has 15 heavy (non-hydrogen) atoms. The number of carboxylic acids is 1. The van der Waals surface area contributed by atoms with Crippen molar-refractivity contribution < 1.29 is 9.90 Å². The molecule has 0 radical (unpaired) electrons. The highest BCUT2D eigenvalue weighted by atomic mass is 16.4. The maximum Gasteiger partial charge on any atom is 0.320 e. The molecule has 0 aromatic heterocycles. The van der Waals surface area contributed by atoms with Gasteiger partial charge in [-0.05, 0) is 19.4 Å². The third-order valence-corrected chi connectivity index (χ3v) is 2.72. The minimum absolute atomic E-state index is 0.205. The van der Waals surface area contributed by atoms with Crippen molar-refractivity contribution in [3.63, 3.8) is 0 Å². The Morgan fingerprint density at radius 2 is 2.40 bits per heavy atom. The third-order valence-electron chi connectivity index (χ3n) is 2.72. The zero-order chi connectivity index (χ0) is 10.7. The van der Waals surface area contributed by atoms with Crippen molar-refractivity contribution in [2.75, 3.05) is 19.6 Å². The highest BCUT2D eigenvalue weighted by Crippen LogP contribution is 2.09. The number of carbonyl (C=O) groups is 1. The summed E-state index contributed by atoms with van der Waals surface area (Å²) in [4.78, 5) is 15.0. The molecule has 2 heterocycles. The molecule has 1 fully saturated rings. The summed E-state index contributed by atoms with van der Waals surface area (Å²) in [5.74, 6) is 0.0360. The van der Waals surface area contributed by atoms with Gasteiger partial charge in [0.25, 0.3) is 0 Å². The van der Waals surface area contributed by atoms with Crippen molar-refractivity contribution in [1.29, 1.82) is 0 Å². The second kappa shape index (κ2) is 4.48. The Balaban J connectivity index is 1.84. The number of aliphatic carboxylic acids is 1. The van der Waals surface area contributed by atoms with Crippen molar-refractivity contribution in [2.45, 2.75) is 24.9 Å². The van der Waals surface area contributed by atoms with E-state index in [1.165, 1.54) is 0 Å². The minimum atomic E-state index is -0.775. The van der Waals surface area contributed by atoms with Crippen LogP contribution < -0.4 is 16.0 Å². The summed E-state index contributed by atoms with van der Waals surface area (Å²) in [7, 11) is 0. The number of piperidine rings is 1. The van der Waals surface area contributed by atoms with E-state index in [1.807, 2.05) is 0 Å². The lowest BCUT2D eigenvalue weighted by molar-refractivity contribution is -0.140. The Morgan fingerprint density at radius 3 is 3.07 bits per heavy atom. The molecule has 2 unspecified atom stereocenters. The SMILES string of the molecule is O=C(O)C1CC(NC2=NCCN2)CCN1. The van der Waals surface area contributed by atoms with Gasteiger partial charge in [0.15, 0.2) is 5.96 Å². The maximum atomic E-state index is 10.8. The fraction of sp³-hybridized carbons (Fsp3) is 0.778. The molecule has 2 aliphatic heterocycles. The van der Waals surface area contributed by atoms with Crippen LogP contribution in [0.1, 0.15) is 12.8 Å². The standard InChI is InChI=1S/C9H16N4O2/c14-8(15)7-5-6(1-2-10-7)13-9-11-3-4-12-9/h6-7,10H,1-5H2,(H,14,15)(H2,11,12,13). The van der Waals surface area contributed by atoms with E-state index in [-0.39, 0.29) is 6.04 Å². The first-order valence-electron chi connectivity index (χ1n) is 5.27. The number of guanidine groups is 1. The molecule has 0 saturated carbocycles. The fourth-order valence-corrected chi connectivity index (χ4v) is 1.92. The van der Waals surface area contributed by atoms with Crippen LogP contribution in [0.2, 0.25) is 0 Å². The van der Waals surface area contributed by atoms with E-state index in [2.05, 4.69) is 20.9 Å². The summed E-state index contributed by atoms with van der Waals surface area (Å²) in [5, 5.41) is 18.2. The second-order valence-electron chi connectivity index (χ2n) is 3.87. The lowest BCUT2D eigenvalue weighted by Gasteiger charge is -2.28. The van der Waals surface area contributed by atoms with Gasteiger partial charge in [-0.3, -0.25) is 9.79 Å². The number of nitrogens with one attached hydrogen (secondary N) is 3. The highest BCUT2D eigenvalue weighted by Gasteiger charge is 2.27. The van der Waals surface area contributed by atoms with Gasteiger partial charge in [0.1, 0.15) is 6.04 Å². The summed E-state index contributed by atoms with van der Waals surface area (Å²) in [6, 6.07) is -0.227. The molecule has 2 rings (SSSR count). The Kier molecular flexibility index (Phi) is 3.05. The van der Waals surface area contributed by atoms with Gasteiger partial charge in [0.05, 0.1) is 6.54 Å². The van der Waals surface area contributed by atoms with Gasteiger partial charge >= 0.3 is 5.97 Å². The molecule has 0 aliphatic carbocycles. The fourth-order valence-electron chi connectivity index (χ4n) is 1.92. The van der Waals surface area contributed by atoms with Gasteiger partial charge < -0.3 is 21.1 Å². The summed E-state index contributed by atoms with van der Waals surface area (Å²) >= 11 is 0. The Hall–Kier alpha value is -1.30. The molecule has 0 aromatic carbocycles. The number of hydrogen-bond acceptors (Lipinski definition) is 5. The molecule has 6 nitrogen and oxygen atoms in total. The molecular weight excluding hydrogens is 196 g/mol. The largest absolute Gasteiger partial charge is 0.480 e. The van der Waals surface area contributed by atoms with Crippen LogP contribution in [0, 0.1) is 0 Å². The molecule has 2 aliphatic rings. The molecule has 6 heteroatoms. The van der Waals surface area contributed by atoms with Crippen LogP contribution in [0.4, 0.5) is 0 Å². The normalized spacial score (nSPS) is 30.5. The molecule has 1 saturated heterocycles. The summed E-state index contributed by atoms with van der Waals surface area (Å²) in [6.07, 6.45) is 1.54. The first-order valence-corrected chi connectivity index (χ1v) is 5.27. The van der Waals surface area contributed by atoms with Gasteiger partial charge in [-0.1, -0.05) is 0 Å². The Morgan fingerprint density at radius 1 is 1.53 bits per heavy atom. The average molecular weight is 212 g/mol. The summed E-state index contributed by atoms with van der Waals surface area (Å²) < 4.78 is 0. The molecule has 2 atom stereocenters. The maximum absolute atomic E-state index is 10.8. The van der Waals surface area contributed by atoms with Crippen molar-refractivity contribution in [1.82, 2.24) is 16.0 Å². The average Bonchev–Trinajstić information content (AvgIpc) is 2.71. The van der Waals surface area contributed by atoms with E-state index < -0.39 is 12.0 Å². The number of hydrogen-bond donors (Lipinski definition) is 4. The molecule has 0 amide bonds. The van der Waals surface area contributed by atoms with Crippen LogP contribution in [0.3, 0.4) is 0 Å². The number of nitrogens with zero attached hydrogens (tertiary/aromatic N) is 1. The summed E-state index contributed by atoms with van der Waals surface area (Å²) in [6.45, 7) is 2.41. The smallest absolute Gasteiger partial charge is 0.320 e. The van der Waals surface area contributed by atoms with Crippen LogP contribution >= 0.6 is 0 Å². The summed E-state index contributed by atoms with van der Waals surface area (Å²) in [5.41, 5.74) is 0. The van der Waals surface area contributed by atoms with Crippen molar-refractivity contribution >= 4 is 11.9 Å². The highest BCUT2D eigenvalue weighted by molar-refractivity contribution is 5.81. The minimum Gasteiger partial charge on any atom is -0.480 e. The number of carboxylic acid groups (broad SMARTS) is 1. The van der Waals surface area contributed by atoms with Crippen LogP contribution in [0.15, 0.2) is 4.99 Å². The van der Waals surface area contributed by atoms with Gasteiger partial charge in [-0.15, -0.1) is 0 Å². The molecule has 84 valence electrons. The first-order chi connectivity index (χ1) is 7.25. The number of rotatable bonds is 2. The molecule has 4 N–H and O–H groups in total. The second-order valence-corrected chi connectivity index (χ2v) is 3.87. The Labute approximate surface area is 88.1 Å². The molecule has 0 spiro atoms. The van der Waals surface area contributed by atoms with E-state index in [0.29, 0.717) is 6.42 Å². The molecule has 0 bridgehead atoms. The molecular formula is C9H16N4O2. The topological polar surface area (TPSA) is 85.8 Å². The van der Waals surface area contributed by atoms with Gasteiger partial charge in [0.2, 0.25) is 0 Å². The Bertz CT molecular complexity index is 279. The zero-order valence-corrected chi connectivity index (χ0v) is 8.49. The van der Waals surface area contributed by atoms with Crippen LogP contribution in [0.5, 0.6) is 0 Å². The predicted octanol–water partition coefficient (Wildman–Crippen LogP) is -1.26. The molecule has 0 aromatic rings. The van der Waals surface area contributed by atoms with E-state index in [9.17, 15) is 4.79 Å². The van der Waals surface area contributed by atoms with E-state index in [1.54, 1.807) is 0 Å². The first kappa shape index (κ1) is 10.2. The lowest BCUT2D eigenvalue weighted by Crippen LogP contribution is -2.52.